The molecule has 1 fully saturated rings. The van der Waals surface area contributed by atoms with Crippen molar-refractivity contribution in [1.29, 1.82) is 5.41 Å². The number of aromatic amines is 1. The Balaban J connectivity index is 1.74. The number of carbonyl (C=O) groups is 6. The Morgan fingerprint density at radius 3 is 2.22 bits per heavy atom. The lowest BCUT2D eigenvalue weighted by molar-refractivity contribution is -0.254. The third-order valence-corrected chi connectivity index (χ3v) is 8.72. The quantitative estimate of drug-likeness (QED) is 0.0335. The Labute approximate surface area is 329 Å². The number of aliphatic hydroxyl groups is 4. The molecule has 24 heteroatoms. The highest BCUT2D eigenvalue weighted by Crippen LogP contribution is 2.20. The minimum Gasteiger partial charge on any atom is -0.481 e. The molecule has 318 valence electrons. The van der Waals surface area contributed by atoms with Crippen molar-refractivity contribution >= 4 is 41.5 Å². The number of carboxylic acid groups (broad SMARTS) is 1. The molecular weight excluding hydrogens is 772 g/mol. The third-order valence-electron chi connectivity index (χ3n) is 8.72. The van der Waals surface area contributed by atoms with Crippen LogP contribution in [0, 0.1) is 12.3 Å². The zero-order valence-electron chi connectivity index (χ0n) is 31.2. The summed E-state index contributed by atoms with van der Waals surface area (Å²) in [7, 11) is 0. The summed E-state index contributed by atoms with van der Waals surface area (Å²) in [5.74, 6) is -6.79. The molecule has 0 spiro atoms. The van der Waals surface area contributed by atoms with Gasteiger partial charge >= 0.3 is 11.7 Å². The van der Waals surface area contributed by atoms with Gasteiger partial charge in [0.15, 0.2) is 12.2 Å². The van der Waals surface area contributed by atoms with Gasteiger partial charge in [0.25, 0.3) is 5.56 Å². The minimum absolute atomic E-state index is 0.0738. The first-order valence-electron chi connectivity index (χ1n) is 17.8. The molecular formula is C34H48N10O14. The SMILES string of the molecule is Cc1cn(CC(=O)N[C@@H](Cc2ccccc2)C(=O)N[C@@H](CCCNC(=N)N)C(=O)NCC(=O)N[C@@H](CC(=O)O)C(=O)N[C@@H]2[C@@H](O)[C@H](O)[C@@H](CO)O[C@H]2O)c(=O)[nH]c1=O. The fraction of sp³-hybridized carbons (Fsp3) is 0.500. The number of nitrogens with two attached hydrogens (primary N) is 1. The molecule has 1 aliphatic rings. The summed E-state index contributed by atoms with van der Waals surface area (Å²) in [6.07, 6.45) is -6.81. The van der Waals surface area contributed by atoms with E-state index in [0.717, 1.165) is 4.57 Å². The van der Waals surface area contributed by atoms with Crippen LogP contribution in [-0.4, -0.2) is 145 Å². The summed E-state index contributed by atoms with van der Waals surface area (Å²) in [5, 5.41) is 70.7. The maximum atomic E-state index is 13.7. The van der Waals surface area contributed by atoms with Crippen LogP contribution in [0.5, 0.6) is 0 Å². The predicted molar refractivity (Wildman–Crippen MR) is 198 cm³/mol. The molecule has 5 amide bonds. The Hall–Kier alpha value is -6.21. The Bertz CT molecular complexity index is 1910. The van der Waals surface area contributed by atoms with Gasteiger partial charge in [-0.3, -0.25) is 48.5 Å². The number of nitrogens with zero attached hydrogens (tertiary/aromatic N) is 1. The molecule has 3 rings (SSSR count). The molecule has 15 N–H and O–H groups in total. The van der Waals surface area contributed by atoms with Crippen LogP contribution in [-0.2, 0) is 46.5 Å². The second-order valence-corrected chi connectivity index (χ2v) is 13.3. The van der Waals surface area contributed by atoms with Gasteiger partial charge in [-0.15, -0.1) is 0 Å². The number of aliphatic hydroxyl groups excluding tert-OH is 4. The van der Waals surface area contributed by atoms with Crippen LogP contribution >= 0.6 is 0 Å². The number of amides is 5. The molecule has 0 aliphatic carbocycles. The van der Waals surface area contributed by atoms with Gasteiger partial charge < -0.3 is 67.9 Å². The average molecular weight is 821 g/mol. The highest BCUT2D eigenvalue weighted by atomic mass is 16.6. The topological polar surface area (TPSA) is 390 Å². The van der Waals surface area contributed by atoms with Crippen molar-refractivity contribution in [2.24, 2.45) is 5.73 Å². The van der Waals surface area contributed by atoms with Crippen molar-refractivity contribution in [3.8, 4) is 0 Å². The molecule has 2 heterocycles. The van der Waals surface area contributed by atoms with Crippen LogP contribution in [0.4, 0.5) is 0 Å². The molecule has 58 heavy (non-hydrogen) atoms. The second-order valence-electron chi connectivity index (χ2n) is 13.3. The zero-order chi connectivity index (χ0) is 43.1. The van der Waals surface area contributed by atoms with E-state index in [0.29, 0.717) is 5.56 Å². The third kappa shape index (κ3) is 14.1. The highest BCUT2D eigenvalue weighted by Gasteiger charge is 2.45. The molecule has 0 unspecified atom stereocenters. The number of benzene rings is 1. The van der Waals surface area contributed by atoms with E-state index in [1.807, 2.05) is 0 Å². The molecule has 1 aliphatic heterocycles. The highest BCUT2D eigenvalue weighted by molar-refractivity contribution is 5.95. The first-order chi connectivity index (χ1) is 27.4. The number of H-pyrrole nitrogens is 1. The summed E-state index contributed by atoms with van der Waals surface area (Å²) in [5.41, 5.74) is 4.59. The lowest BCUT2D eigenvalue weighted by Gasteiger charge is -2.40. The molecule has 1 saturated heterocycles. The van der Waals surface area contributed by atoms with Gasteiger partial charge in [0.2, 0.25) is 29.5 Å². The first-order valence-corrected chi connectivity index (χ1v) is 17.8. The number of rotatable bonds is 20. The summed E-state index contributed by atoms with van der Waals surface area (Å²) in [6, 6.07) is 2.24. The maximum absolute atomic E-state index is 13.7. The van der Waals surface area contributed by atoms with Gasteiger partial charge in [0, 0.05) is 24.7 Å². The van der Waals surface area contributed by atoms with Crippen molar-refractivity contribution in [1.82, 2.24) is 41.5 Å². The smallest absolute Gasteiger partial charge is 0.328 e. The van der Waals surface area contributed by atoms with Crippen LogP contribution in [0.3, 0.4) is 0 Å². The molecule has 24 nitrogen and oxygen atoms in total. The van der Waals surface area contributed by atoms with Crippen molar-refractivity contribution in [3.05, 3.63) is 68.5 Å². The number of carbonyl (C=O) groups excluding carboxylic acids is 5. The van der Waals surface area contributed by atoms with Gasteiger partial charge in [-0.05, 0) is 25.3 Å². The number of guanidine groups is 1. The molecule has 0 radical (unpaired) electrons. The maximum Gasteiger partial charge on any atom is 0.328 e. The molecule has 8 atom stereocenters. The van der Waals surface area contributed by atoms with Crippen LogP contribution in [0.25, 0.3) is 0 Å². The molecule has 1 aromatic heterocycles. The number of aliphatic carboxylic acids is 1. The molecule has 0 bridgehead atoms. The van der Waals surface area contributed by atoms with E-state index in [4.69, 9.17) is 15.9 Å². The average Bonchev–Trinajstić information content (AvgIpc) is 3.16. The van der Waals surface area contributed by atoms with E-state index in [1.165, 1.54) is 13.1 Å². The Morgan fingerprint density at radius 2 is 1.59 bits per heavy atom. The van der Waals surface area contributed by atoms with Crippen molar-refractivity contribution in [3.63, 3.8) is 0 Å². The monoisotopic (exact) mass is 820 g/mol. The Morgan fingerprint density at radius 1 is 0.914 bits per heavy atom. The zero-order valence-corrected chi connectivity index (χ0v) is 31.2. The standard InChI is InChI=1S/C34H48N10O14/c1-16-13-44(34(57)43-28(16)52)14-23(47)40-19(10-17-6-3-2-4-7-17)30(54)41-18(8-5-9-37-33(35)36)29(53)38-12-22(46)39-20(11-24(48)49)31(55)42-25-27(51)26(50)21(15-45)58-32(25)56/h2-4,6-7,13,18-21,25-27,32,45,50-51,56H,5,8-12,14-15H2,1H3,(H,38,53)(H,39,46)(H,40,47)(H,41,54)(H,42,55)(H,48,49)(H4,35,36,37)(H,43,52,57)/t18-,19-,20-,21+,25+,26+,27+,32+/m0/s1. The largest absolute Gasteiger partial charge is 0.481 e. The number of hydrogen-bond donors (Lipinski definition) is 14. The molecule has 0 saturated carbocycles. The molecule has 1 aromatic carbocycles. The number of hydrogen-bond acceptors (Lipinski definition) is 14. The normalized spacial score (nSPS) is 20.3. The predicted octanol–water partition coefficient (Wildman–Crippen LogP) is -6.69. The van der Waals surface area contributed by atoms with Gasteiger partial charge in [-0.1, -0.05) is 30.3 Å². The number of carboxylic acids is 1. The van der Waals surface area contributed by atoms with Gasteiger partial charge in [-0.25, -0.2) is 4.79 Å². The number of ether oxygens (including phenoxy) is 1. The number of aryl methyl sites for hydroxylation is 1. The van der Waals surface area contributed by atoms with Crippen molar-refractivity contribution in [2.75, 3.05) is 19.7 Å². The summed E-state index contributed by atoms with van der Waals surface area (Å²) < 4.78 is 5.91. The van der Waals surface area contributed by atoms with Crippen LogP contribution in [0.15, 0.2) is 46.1 Å². The van der Waals surface area contributed by atoms with Gasteiger partial charge in [0.05, 0.1) is 19.6 Å². The Kier molecular flexibility index (Phi) is 17.5. The van der Waals surface area contributed by atoms with Crippen molar-refractivity contribution in [2.45, 2.75) is 87.9 Å². The van der Waals surface area contributed by atoms with Crippen molar-refractivity contribution < 1.29 is 59.0 Å². The number of aromatic nitrogens is 2. The summed E-state index contributed by atoms with van der Waals surface area (Å²) >= 11 is 0. The number of nitrogens with one attached hydrogen (secondary N) is 8. The fourth-order valence-electron chi connectivity index (χ4n) is 5.70. The first kappa shape index (κ1) is 46.2. The van der Waals surface area contributed by atoms with Crippen LogP contribution < -0.4 is 48.9 Å². The van der Waals surface area contributed by atoms with E-state index < -0.39 is 122 Å². The lowest BCUT2D eigenvalue weighted by atomic mass is 9.96. The van der Waals surface area contributed by atoms with Gasteiger partial charge in [0.1, 0.15) is 49.0 Å². The van der Waals surface area contributed by atoms with Gasteiger partial charge in [-0.2, -0.15) is 0 Å². The second kappa shape index (κ2) is 21.9. The fourth-order valence-corrected chi connectivity index (χ4v) is 5.70. The summed E-state index contributed by atoms with van der Waals surface area (Å²) in [6.45, 7) is -0.698. The van der Waals surface area contributed by atoms with Crippen LogP contribution in [0.1, 0.15) is 30.4 Å². The van der Waals surface area contributed by atoms with E-state index in [1.54, 1.807) is 30.3 Å². The van der Waals surface area contributed by atoms with E-state index in [2.05, 4.69) is 36.9 Å². The lowest BCUT2D eigenvalue weighted by Crippen LogP contribution is -2.66. The van der Waals surface area contributed by atoms with E-state index >= 15 is 0 Å². The van der Waals surface area contributed by atoms with E-state index in [9.17, 15) is 63.9 Å². The van der Waals surface area contributed by atoms with E-state index in [-0.39, 0.29) is 37.3 Å². The van der Waals surface area contributed by atoms with Crippen LogP contribution in [0.2, 0.25) is 0 Å². The molecule has 2 aromatic rings. The summed E-state index contributed by atoms with van der Waals surface area (Å²) in [4.78, 5) is 104. The minimum atomic E-state index is -1.94.